The van der Waals surface area contributed by atoms with Crippen molar-refractivity contribution in [3.05, 3.63) is 33.6 Å². The van der Waals surface area contributed by atoms with Gasteiger partial charge in [-0.05, 0) is 43.7 Å². The van der Waals surface area contributed by atoms with Crippen LogP contribution in [0.1, 0.15) is 51.1 Å². The zero-order valence-corrected chi connectivity index (χ0v) is 12.9. The first kappa shape index (κ1) is 15.1. The molecule has 1 saturated carbocycles. The van der Waals surface area contributed by atoms with Gasteiger partial charge >= 0.3 is 0 Å². The number of halogens is 3. The van der Waals surface area contributed by atoms with Crippen LogP contribution >= 0.6 is 23.2 Å². The molecule has 106 valence electrons. The van der Waals surface area contributed by atoms with Gasteiger partial charge in [0.1, 0.15) is 5.82 Å². The molecule has 0 saturated heterocycles. The average Bonchev–Trinajstić information content (AvgIpc) is 3.13. The van der Waals surface area contributed by atoms with E-state index in [1.165, 1.54) is 31.7 Å². The lowest BCUT2D eigenvalue weighted by molar-refractivity contribution is 0.397. The molecule has 0 bridgehead atoms. The predicted octanol–water partition coefficient (Wildman–Crippen LogP) is 5.36. The molecule has 1 N–H and O–H groups in total. The molecule has 0 aromatic heterocycles. The minimum Gasteiger partial charge on any atom is -0.310 e. The van der Waals surface area contributed by atoms with E-state index >= 15 is 0 Å². The Balaban J connectivity index is 2.04. The molecular weight excluding hydrogens is 284 g/mol. The smallest absolute Gasteiger partial charge is 0.142 e. The van der Waals surface area contributed by atoms with Crippen LogP contribution in [0.5, 0.6) is 0 Å². The fourth-order valence-corrected chi connectivity index (χ4v) is 3.33. The van der Waals surface area contributed by atoms with E-state index < -0.39 is 5.82 Å². The van der Waals surface area contributed by atoms with Crippen molar-refractivity contribution in [2.24, 2.45) is 5.41 Å². The van der Waals surface area contributed by atoms with E-state index in [1.807, 2.05) is 6.92 Å². The van der Waals surface area contributed by atoms with Gasteiger partial charge in [0.15, 0.2) is 0 Å². The van der Waals surface area contributed by atoms with Crippen LogP contribution in [0.3, 0.4) is 0 Å². The summed E-state index contributed by atoms with van der Waals surface area (Å²) in [5.74, 6) is -0.413. The molecule has 0 aliphatic heterocycles. The maximum atomic E-state index is 13.5. The summed E-state index contributed by atoms with van der Waals surface area (Å²) in [5.41, 5.74) is 1.12. The molecule has 1 aliphatic carbocycles. The number of hydrogen-bond acceptors (Lipinski definition) is 1. The van der Waals surface area contributed by atoms with Crippen LogP contribution in [-0.2, 0) is 0 Å². The van der Waals surface area contributed by atoms with Gasteiger partial charge in [0.25, 0.3) is 0 Å². The Bertz CT molecular complexity index is 458. The Labute approximate surface area is 124 Å². The third-order valence-electron chi connectivity index (χ3n) is 4.03. The Kier molecular flexibility index (Phi) is 4.75. The highest BCUT2D eigenvalue weighted by Gasteiger charge is 2.41. The van der Waals surface area contributed by atoms with Crippen LogP contribution in [0.4, 0.5) is 4.39 Å². The third kappa shape index (κ3) is 3.42. The molecule has 1 aromatic rings. The van der Waals surface area contributed by atoms with Gasteiger partial charge in [-0.3, -0.25) is 0 Å². The highest BCUT2D eigenvalue weighted by Crippen LogP contribution is 2.49. The van der Waals surface area contributed by atoms with E-state index in [2.05, 4.69) is 12.2 Å². The van der Waals surface area contributed by atoms with Gasteiger partial charge < -0.3 is 5.32 Å². The largest absolute Gasteiger partial charge is 0.310 e. The molecule has 1 atom stereocenters. The standard InChI is InChI=1S/C15H20Cl2FN/c1-3-6-15(7-8-15)9-19-10(2)13-11(16)4-5-12(18)14(13)17/h4-5,10,19H,3,6-9H2,1-2H3. The molecule has 0 heterocycles. The van der Waals surface area contributed by atoms with Crippen LogP contribution in [0, 0.1) is 11.2 Å². The van der Waals surface area contributed by atoms with Gasteiger partial charge in [-0.15, -0.1) is 0 Å². The highest BCUT2D eigenvalue weighted by molar-refractivity contribution is 6.36. The Hall–Kier alpha value is -0.310. The molecular formula is C15H20Cl2FN. The summed E-state index contributed by atoms with van der Waals surface area (Å²) in [6.45, 7) is 5.14. The first-order valence-corrected chi connectivity index (χ1v) is 7.61. The first-order chi connectivity index (χ1) is 8.99. The van der Waals surface area contributed by atoms with Crippen molar-refractivity contribution in [2.75, 3.05) is 6.54 Å². The van der Waals surface area contributed by atoms with Crippen molar-refractivity contribution >= 4 is 23.2 Å². The lowest BCUT2D eigenvalue weighted by atomic mass is 9.99. The number of nitrogens with one attached hydrogen (secondary N) is 1. The molecule has 1 aromatic carbocycles. The summed E-state index contributed by atoms with van der Waals surface area (Å²) in [6.07, 6.45) is 5.02. The summed E-state index contributed by atoms with van der Waals surface area (Å²) < 4.78 is 13.5. The zero-order chi connectivity index (χ0) is 14.0. The number of benzene rings is 1. The molecule has 0 amide bonds. The van der Waals surface area contributed by atoms with Crippen molar-refractivity contribution in [3.63, 3.8) is 0 Å². The molecule has 2 rings (SSSR count). The van der Waals surface area contributed by atoms with Gasteiger partial charge in [-0.2, -0.15) is 0 Å². The van der Waals surface area contributed by atoms with E-state index in [9.17, 15) is 4.39 Å². The quantitative estimate of drug-likeness (QED) is 0.697. The second-order valence-electron chi connectivity index (χ2n) is 5.61. The van der Waals surface area contributed by atoms with Crippen molar-refractivity contribution in [3.8, 4) is 0 Å². The van der Waals surface area contributed by atoms with Crippen LogP contribution in [0.25, 0.3) is 0 Å². The fourth-order valence-electron chi connectivity index (χ4n) is 2.63. The van der Waals surface area contributed by atoms with E-state index in [-0.39, 0.29) is 11.1 Å². The summed E-state index contributed by atoms with van der Waals surface area (Å²) in [6, 6.07) is 2.83. The lowest BCUT2D eigenvalue weighted by Gasteiger charge is -2.21. The maximum Gasteiger partial charge on any atom is 0.142 e. The van der Waals surface area contributed by atoms with Crippen molar-refractivity contribution in [1.29, 1.82) is 0 Å². The third-order valence-corrected chi connectivity index (χ3v) is 4.75. The van der Waals surface area contributed by atoms with Crippen LogP contribution in [0.15, 0.2) is 12.1 Å². The van der Waals surface area contributed by atoms with E-state index in [4.69, 9.17) is 23.2 Å². The first-order valence-electron chi connectivity index (χ1n) is 6.86. The Morgan fingerprint density at radius 1 is 1.37 bits per heavy atom. The van der Waals surface area contributed by atoms with Crippen molar-refractivity contribution in [1.82, 2.24) is 5.32 Å². The molecule has 4 heteroatoms. The van der Waals surface area contributed by atoms with Crippen LogP contribution in [0.2, 0.25) is 10.0 Å². The fraction of sp³-hybridized carbons (Fsp3) is 0.600. The average molecular weight is 304 g/mol. The minimum absolute atomic E-state index is 0.0370. The topological polar surface area (TPSA) is 12.0 Å². The predicted molar refractivity (Wildman–Crippen MR) is 79.4 cm³/mol. The van der Waals surface area contributed by atoms with E-state index in [0.717, 1.165) is 6.54 Å². The van der Waals surface area contributed by atoms with Gasteiger partial charge in [0, 0.05) is 23.2 Å². The zero-order valence-electron chi connectivity index (χ0n) is 11.4. The van der Waals surface area contributed by atoms with Crippen LogP contribution in [-0.4, -0.2) is 6.54 Å². The molecule has 1 fully saturated rings. The van der Waals surface area contributed by atoms with E-state index in [1.54, 1.807) is 6.07 Å². The summed E-state index contributed by atoms with van der Waals surface area (Å²) in [7, 11) is 0. The molecule has 1 unspecified atom stereocenters. The highest BCUT2D eigenvalue weighted by atomic mass is 35.5. The van der Waals surface area contributed by atoms with Gasteiger partial charge in [-0.25, -0.2) is 4.39 Å². The maximum absolute atomic E-state index is 13.5. The molecule has 1 aliphatic rings. The molecule has 1 nitrogen and oxygen atoms in total. The normalized spacial score (nSPS) is 18.4. The van der Waals surface area contributed by atoms with Gasteiger partial charge in [0.05, 0.1) is 5.02 Å². The van der Waals surface area contributed by atoms with Crippen molar-refractivity contribution < 1.29 is 4.39 Å². The lowest BCUT2D eigenvalue weighted by Crippen LogP contribution is -2.27. The summed E-state index contributed by atoms with van der Waals surface area (Å²) in [5, 5.41) is 4.11. The number of hydrogen-bond donors (Lipinski definition) is 1. The molecule has 0 radical (unpaired) electrons. The van der Waals surface area contributed by atoms with Gasteiger partial charge in [0.2, 0.25) is 0 Å². The summed E-state index contributed by atoms with van der Waals surface area (Å²) >= 11 is 12.2. The SMILES string of the molecule is CCCC1(CNC(C)c2c(Cl)ccc(F)c2Cl)CC1. The molecule has 19 heavy (non-hydrogen) atoms. The minimum atomic E-state index is -0.413. The second-order valence-corrected chi connectivity index (χ2v) is 6.39. The van der Waals surface area contributed by atoms with Gasteiger partial charge in [-0.1, -0.05) is 36.5 Å². The monoisotopic (exact) mass is 303 g/mol. The Morgan fingerprint density at radius 2 is 2.05 bits per heavy atom. The number of rotatable bonds is 6. The Morgan fingerprint density at radius 3 is 2.63 bits per heavy atom. The second kappa shape index (κ2) is 5.99. The van der Waals surface area contributed by atoms with Crippen molar-refractivity contribution in [2.45, 2.75) is 45.6 Å². The van der Waals surface area contributed by atoms with Crippen LogP contribution < -0.4 is 5.32 Å². The molecule has 0 spiro atoms. The van der Waals surface area contributed by atoms with E-state index in [0.29, 0.717) is 16.0 Å². The summed E-state index contributed by atoms with van der Waals surface area (Å²) in [4.78, 5) is 0.